The summed E-state index contributed by atoms with van der Waals surface area (Å²) in [4.78, 5) is 32.1. The van der Waals surface area contributed by atoms with Crippen molar-refractivity contribution >= 4 is 11.8 Å². The quantitative estimate of drug-likeness (QED) is 0.815. The van der Waals surface area contributed by atoms with Gasteiger partial charge < -0.3 is 14.4 Å². The summed E-state index contributed by atoms with van der Waals surface area (Å²) in [6.07, 6.45) is 3.83. The van der Waals surface area contributed by atoms with Crippen LogP contribution < -0.4 is 0 Å². The van der Waals surface area contributed by atoms with Gasteiger partial charge in [0.2, 0.25) is 11.8 Å². The molecule has 2 unspecified atom stereocenters. The number of piperazine rings is 1. The van der Waals surface area contributed by atoms with Gasteiger partial charge in [-0.1, -0.05) is 13.8 Å². The van der Waals surface area contributed by atoms with Crippen LogP contribution in [0, 0.1) is 11.8 Å². The van der Waals surface area contributed by atoms with Crippen LogP contribution in [0.25, 0.3) is 0 Å². The second-order valence-corrected chi connectivity index (χ2v) is 7.02. The summed E-state index contributed by atoms with van der Waals surface area (Å²) >= 11 is 0. The maximum Gasteiger partial charge on any atom is 0.242 e. The lowest BCUT2D eigenvalue weighted by Gasteiger charge is -2.34. The van der Waals surface area contributed by atoms with Crippen molar-refractivity contribution in [1.29, 1.82) is 0 Å². The average molecular weight is 318 g/mol. The largest absolute Gasteiger partial charge is 0.339 e. The highest BCUT2D eigenvalue weighted by molar-refractivity contribution is 5.77. The van der Waals surface area contributed by atoms with E-state index in [0.29, 0.717) is 44.6 Å². The average Bonchev–Trinajstić information content (AvgIpc) is 2.90. The molecule has 3 rings (SSSR count). The summed E-state index contributed by atoms with van der Waals surface area (Å²) in [5, 5.41) is 0. The van der Waals surface area contributed by atoms with Crippen LogP contribution in [0.5, 0.6) is 0 Å². The fourth-order valence-corrected chi connectivity index (χ4v) is 3.52. The van der Waals surface area contributed by atoms with Crippen molar-refractivity contribution in [3.05, 3.63) is 17.7 Å². The molecule has 0 radical (unpaired) electrons. The smallest absolute Gasteiger partial charge is 0.242 e. The van der Waals surface area contributed by atoms with Crippen molar-refractivity contribution < 1.29 is 9.59 Å². The summed E-state index contributed by atoms with van der Waals surface area (Å²) in [5.41, 5.74) is 2.39. The minimum absolute atomic E-state index is 0.0869. The van der Waals surface area contributed by atoms with Gasteiger partial charge in [-0.05, 0) is 24.7 Å². The second-order valence-electron chi connectivity index (χ2n) is 7.02. The summed E-state index contributed by atoms with van der Waals surface area (Å²) in [6, 6.07) is 0. The molecule has 0 saturated carbocycles. The van der Waals surface area contributed by atoms with Crippen LogP contribution in [0.2, 0.25) is 0 Å². The Labute approximate surface area is 137 Å². The van der Waals surface area contributed by atoms with E-state index >= 15 is 0 Å². The summed E-state index contributed by atoms with van der Waals surface area (Å²) < 4.78 is 2.03. The van der Waals surface area contributed by atoms with Crippen LogP contribution in [-0.4, -0.2) is 57.3 Å². The number of hydrogen-bond donors (Lipinski definition) is 0. The predicted molar refractivity (Wildman–Crippen MR) is 86.8 cm³/mol. The first-order valence-electron chi connectivity index (χ1n) is 8.52. The molecule has 2 amide bonds. The SMILES string of the molecule is CC(=O)N1CCN(C(=O)Cn2cnc3c2CC(C)C(C)C3)CC1. The molecule has 0 bridgehead atoms. The third kappa shape index (κ3) is 3.26. The Morgan fingerprint density at radius 3 is 2.35 bits per heavy atom. The van der Waals surface area contributed by atoms with E-state index in [4.69, 9.17) is 0 Å². The number of rotatable bonds is 2. The van der Waals surface area contributed by atoms with E-state index in [1.54, 1.807) is 11.8 Å². The van der Waals surface area contributed by atoms with Crippen LogP contribution in [-0.2, 0) is 29.0 Å². The summed E-state index contributed by atoms with van der Waals surface area (Å²) in [5.74, 6) is 1.50. The van der Waals surface area contributed by atoms with Crippen LogP contribution in [0.3, 0.4) is 0 Å². The number of carbonyl (C=O) groups is 2. The molecule has 1 aromatic rings. The number of carbonyl (C=O) groups excluding carboxylic acids is 2. The number of hydrogen-bond acceptors (Lipinski definition) is 3. The Hall–Kier alpha value is -1.85. The van der Waals surface area contributed by atoms with Crippen molar-refractivity contribution in [2.24, 2.45) is 11.8 Å². The van der Waals surface area contributed by atoms with Gasteiger partial charge in [0, 0.05) is 38.8 Å². The van der Waals surface area contributed by atoms with Gasteiger partial charge in [0.1, 0.15) is 6.54 Å². The van der Waals surface area contributed by atoms with Gasteiger partial charge in [-0.3, -0.25) is 9.59 Å². The van der Waals surface area contributed by atoms with E-state index in [1.165, 1.54) is 5.69 Å². The van der Waals surface area contributed by atoms with Crippen LogP contribution in [0.1, 0.15) is 32.2 Å². The molecule has 2 heterocycles. The van der Waals surface area contributed by atoms with Crippen molar-refractivity contribution in [3.63, 3.8) is 0 Å². The number of imidazole rings is 1. The monoisotopic (exact) mass is 318 g/mol. The molecule has 1 aliphatic carbocycles. The van der Waals surface area contributed by atoms with Crippen molar-refractivity contribution in [3.8, 4) is 0 Å². The lowest BCUT2D eigenvalue weighted by Crippen LogP contribution is -2.50. The first kappa shape index (κ1) is 16.0. The van der Waals surface area contributed by atoms with E-state index in [-0.39, 0.29) is 11.8 Å². The zero-order valence-electron chi connectivity index (χ0n) is 14.3. The predicted octanol–water partition coefficient (Wildman–Crippen LogP) is 0.945. The topological polar surface area (TPSA) is 58.4 Å². The third-order valence-corrected chi connectivity index (χ3v) is 5.42. The Morgan fingerprint density at radius 2 is 1.70 bits per heavy atom. The van der Waals surface area contributed by atoms with Crippen molar-refractivity contribution in [2.45, 2.75) is 40.2 Å². The van der Waals surface area contributed by atoms with Crippen molar-refractivity contribution in [2.75, 3.05) is 26.2 Å². The molecule has 0 spiro atoms. The van der Waals surface area contributed by atoms with Gasteiger partial charge in [-0.25, -0.2) is 4.98 Å². The van der Waals surface area contributed by atoms with E-state index in [0.717, 1.165) is 18.5 Å². The minimum atomic E-state index is 0.0869. The van der Waals surface area contributed by atoms with Crippen LogP contribution >= 0.6 is 0 Å². The highest BCUT2D eigenvalue weighted by Crippen LogP contribution is 2.29. The normalized spacial score (nSPS) is 24.5. The minimum Gasteiger partial charge on any atom is -0.339 e. The van der Waals surface area contributed by atoms with E-state index in [1.807, 2.05) is 15.8 Å². The van der Waals surface area contributed by atoms with Gasteiger partial charge in [-0.2, -0.15) is 0 Å². The fourth-order valence-electron chi connectivity index (χ4n) is 3.52. The molecule has 0 N–H and O–H groups in total. The fraction of sp³-hybridized carbons (Fsp3) is 0.706. The van der Waals surface area contributed by atoms with E-state index < -0.39 is 0 Å². The van der Waals surface area contributed by atoms with Crippen LogP contribution in [0.4, 0.5) is 0 Å². The molecule has 126 valence electrons. The maximum absolute atomic E-state index is 12.5. The number of aromatic nitrogens is 2. The Morgan fingerprint density at radius 1 is 1.09 bits per heavy atom. The van der Waals surface area contributed by atoms with Crippen LogP contribution in [0.15, 0.2) is 6.33 Å². The zero-order valence-corrected chi connectivity index (χ0v) is 14.3. The second kappa shape index (κ2) is 6.34. The van der Waals surface area contributed by atoms with Gasteiger partial charge >= 0.3 is 0 Å². The van der Waals surface area contributed by atoms with Gasteiger partial charge in [0.05, 0.1) is 12.0 Å². The first-order chi connectivity index (χ1) is 11.0. The molecule has 2 aliphatic rings. The van der Waals surface area contributed by atoms with Crippen molar-refractivity contribution in [1.82, 2.24) is 19.4 Å². The molecule has 6 heteroatoms. The number of amides is 2. The highest BCUT2D eigenvalue weighted by Gasteiger charge is 2.27. The van der Waals surface area contributed by atoms with Gasteiger partial charge in [-0.15, -0.1) is 0 Å². The zero-order chi connectivity index (χ0) is 16.6. The Kier molecular flexibility index (Phi) is 4.41. The molecule has 1 fully saturated rings. The van der Waals surface area contributed by atoms with E-state index in [9.17, 15) is 9.59 Å². The molecule has 6 nitrogen and oxygen atoms in total. The highest BCUT2D eigenvalue weighted by atomic mass is 16.2. The molecule has 1 saturated heterocycles. The summed E-state index contributed by atoms with van der Waals surface area (Å²) in [6.45, 7) is 9.02. The van der Waals surface area contributed by atoms with E-state index in [2.05, 4.69) is 18.8 Å². The maximum atomic E-state index is 12.5. The number of nitrogens with zero attached hydrogens (tertiary/aromatic N) is 4. The molecule has 2 atom stereocenters. The Balaban J connectivity index is 1.62. The van der Waals surface area contributed by atoms with Gasteiger partial charge in [0.25, 0.3) is 0 Å². The molecular formula is C17H26N4O2. The Bertz CT molecular complexity index is 602. The number of fused-ring (bicyclic) bond motifs is 1. The van der Waals surface area contributed by atoms with Gasteiger partial charge in [0.15, 0.2) is 0 Å². The lowest BCUT2D eigenvalue weighted by atomic mass is 9.82. The summed E-state index contributed by atoms with van der Waals surface area (Å²) in [7, 11) is 0. The molecular weight excluding hydrogens is 292 g/mol. The molecule has 1 aromatic heterocycles. The molecule has 0 aromatic carbocycles. The molecule has 23 heavy (non-hydrogen) atoms. The third-order valence-electron chi connectivity index (χ3n) is 5.42. The first-order valence-corrected chi connectivity index (χ1v) is 8.52. The standard InChI is InChI=1S/C17H26N4O2/c1-12-8-15-16(9-13(12)2)21(11-18-15)10-17(23)20-6-4-19(5-7-20)14(3)22/h11-13H,4-10H2,1-3H3. The molecule has 1 aliphatic heterocycles. The lowest BCUT2D eigenvalue weighted by molar-refractivity contribution is -0.138.